The Balaban J connectivity index is 1.26. The van der Waals surface area contributed by atoms with Gasteiger partial charge in [0.1, 0.15) is 11.4 Å². The Bertz CT molecular complexity index is 799. The SMILES string of the molecule is CCn1ccc(C(=O)N2CCC3(CC2)CC(CCOc2ccncc2)CCO3)n1. The van der Waals surface area contributed by atoms with Crippen LogP contribution >= 0.6 is 0 Å². The number of pyridine rings is 1. The lowest BCUT2D eigenvalue weighted by atomic mass is 9.78. The highest BCUT2D eigenvalue weighted by molar-refractivity contribution is 5.92. The number of hydrogen-bond donors (Lipinski definition) is 0. The van der Waals surface area contributed by atoms with Crippen LogP contribution in [0.25, 0.3) is 0 Å². The first kappa shape index (κ1) is 19.9. The molecule has 1 atom stereocenters. The van der Waals surface area contributed by atoms with Crippen molar-refractivity contribution in [3.63, 3.8) is 0 Å². The lowest BCUT2D eigenvalue weighted by molar-refractivity contribution is -0.125. The molecule has 156 valence electrons. The second-order valence-corrected chi connectivity index (χ2v) is 8.06. The predicted octanol–water partition coefficient (Wildman–Crippen LogP) is 3.17. The summed E-state index contributed by atoms with van der Waals surface area (Å²) in [4.78, 5) is 18.7. The third-order valence-electron chi connectivity index (χ3n) is 6.19. The molecular weight excluding hydrogens is 368 g/mol. The molecule has 2 aromatic rings. The maximum Gasteiger partial charge on any atom is 0.274 e. The van der Waals surface area contributed by atoms with E-state index in [4.69, 9.17) is 9.47 Å². The van der Waals surface area contributed by atoms with E-state index in [1.54, 1.807) is 17.1 Å². The first-order valence-corrected chi connectivity index (χ1v) is 10.7. The number of ether oxygens (including phenoxy) is 2. The van der Waals surface area contributed by atoms with E-state index >= 15 is 0 Å². The lowest BCUT2D eigenvalue weighted by Gasteiger charge is -2.46. The van der Waals surface area contributed by atoms with Crippen molar-refractivity contribution in [1.29, 1.82) is 0 Å². The summed E-state index contributed by atoms with van der Waals surface area (Å²) in [5.74, 6) is 1.51. The molecule has 2 aliphatic heterocycles. The third kappa shape index (κ3) is 4.78. The van der Waals surface area contributed by atoms with Crippen LogP contribution < -0.4 is 4.74 Å². The van der Waals surface area contributed by atoms with Crippen molar-refractivity contribution in [3.05, 3.63) is 42.5 Å². The van der Waals surface area contributed by atoms with Gasteiger partial charge < -0.3 is 14.4 Å². The Morgan fingerprint density at radius 3 is 2.79 bits per heavy atom. The van der Waals surface area contributed by atoms with Gasteiger partial charge in [-0.3, -0.25) is 14.5 Å². The highest BCUT2D eigenvalue weighted by atomic mass is 16.5. The minimum Gasteiger partial charge on any atom is -0.493 e. The number of amides is 1. The highest BCUT2D eigenvalue weighted by Gasteiger charge is 2.41. The Kier molecular flexibility index (Phi) is 6.13. The zero-order valence-electron chi connectivity index (χ0n) is 17.1. The van der Waals surface area contributed by atoms with Crippen LogP contribution in [0.4, 0.5) is 0 Å². The Hall–Kier alpha value is -2.41. The number of rotatable bonds is 6. The molecule has 4 heterocycles. The van der Waals surface area contributed by atoms with E-state index in [1.165, 1.54) is 0 Å². The second-order valence-electron chi connectivity index (χ2n) is 8.06. The molecule has 7 nitrogen and oxygen atoms in total. The molecule has 1 unspecified atom stereocenters. The fourth-order valence-corrected chi connectivity index (χ4v) is 4.43. The van der Waals surface area contributed by atoms with Crippen molar-refractivity contribution in [2.75, 3.05) is 26.3 Å². The van der Waals surface area contributed by atoms with E-state index in [2.05, 4.69) is 10.1 Å². The van der Waals surface area contributed by atoms with Gasteiger partial charge >= 0.3 is 0 Å². The molecule has 4 rings (SSSR count). The molecule has 2 aromatic heterocycles. The number of nitrogens with zero attached hydrogens (tertiary/aromatic N) is 4. The summed E-state index contributed by atoms with van der Waals surface area (Å²) < 4.78 is 13.9. The maximum absolute atomic E-state index is 12.7. The molecule has 0 aromatic carbocycles. The number of carbonyl (C=O) groups is 1. The number of piperidine rings is 1. The van der Waals surface area contributed by atoms with E-state index in [0.29, 0.717) is 11.6 Å². The number of carbonyl (C=O) groups excluding carboxylic acids is 1. The van der Waals surface area contributed by atoms with Crippen LogP contribution in [0.15, 0.2) is 36.8 Å². The van der Waals surface area contributed by atoms with Gasteiger partial charge in [-0.2, -0.15) is 5.10 Å². The van der Waals surface area contributed by atoms with Crippen molar-refractivity contribution in [1.82, 2.24) is 19.7 Å². The number of hydrogen-bond acceptors (Lipinski definition) is 5. The highest BCUT2D eigenvalue weighted by Crippen LogP contribution is 2.39. The van der Waals surface area contributed by atoms with E-state index in [0.717, 1.165) is 70.7 Å². The molecule has 2 aliphatic rings. The minimum atomic E-state index is -0.0842. The molecule has 29 heavy (non-hydrogen) atoms. The van der Waals surface area contributed by atoms with Gasteiger partial charge in [0, 0.05) is 44.8 Å². The molecule has 0 bridgehead atoms. The maximum atomic E-state index is 12.7. The first-order chi connectivity index (χ1) is 14.2. The van der Waals surface area contributed by atoms with Gasteiger partial charge in [0.15, 0.2) is 0 Å². The van der Waals surface area contributed by atoms with E-state index < -0.39 is 0 Å². The van der Waals surface area contributed by atoms with E-state index in [1.807, 2.05) is 36.2 Å². The van der Waals surface area contributed by atoms with Gasteiger partial charge in [0.05, 0.1) is 12.2 Å². The molecular formula is C22H30N4O3. The molecule has 7 heteroatoms. The van der Waals surface area contributed by atoms with Crippen LogP contribution in [0.1, 0.15) is 49.5 Å². The van der Waals surface area contributed by atoms with Crippen LogP contribution in [-0.4, -0.2) is 57.5 Å². The monoisotopic (exact) mass is 398 g/mol. The lowest BCUT2D eigenvalue weighted by Crippen LogP contribution is -2.51. The first-order valence-electron chi connectivity index (χ1n) is 10.7. The largest absolute Gasteiger partial charge is 0.493 e. The summed E-state index contributed by atoms with van der Waals surface area (Å²) >= 11 is 0. The molecule has 1 spiro atoms. The van der Waals surface area contributed by atoms with Crippen LogP contribution in [0.3, 0.4) is 0 Å². The predicted molar refractivity (Wildman–Crippen MR) is 109 cm³/mol. The summed E-state index contributed by atoms with van der Waals surface area (Å²) in [5, 5.41) is 4.36. The van der Waals surface area contributed by atoms with Crippen molar-refractivity contribution >= 4 is 5.91 Å². The van der Waals surface area contributed by atoms with Gasteiger partial charge in [0.2, 0.25) is 0 Å². The van der Waals surface area contributed by atoms with Gasteiger partial charge in [-0.25, -0.2) is 0 Å². The van der Waals surface area contributed by atoms with Gasteiger partial charge in [-0.15, -0.1) is 0 Å². The smallest absolute Gasteiger partial charge is 0.274 e. The second kappa shape index (κ2) is 8.95. The molecule has 2 saturated heterocycles. The number of aromatic nitrogens is 3. The summed E-state index contributed by atoms with van der Waals surface area (Å²) in [7, 11) is 0. The molecule has 0 N–H and O–H groups in total. The summed E-state index contributed by atoms with van der Waals surface area (Å²) in [6, 6.07) is 5.59. The zero-order chi connectivity index (χ0) is 20.1. The average Bonchev–Trinajstić information content (AvgIpc) is 3.24. The zero-order valence-corrected chi connectivity index (χ0v) is 17.1. The fraction of sp³-hybridized carbons (Fsp3) is 0.591. The van der Waals surface area contributed by atoms with E-state index in [9.17, 15) is 4.79 Å². The minimum absolute atomic E-state index is 0.0326. The third-order valence-corrected chi connectivity index (χ3v) is 6.19. The number of aryl methyl sites for hydroxylation is 1. The average molecular weight is 399 g/mol. The van der Waals surface area contributed by atoms with Crippen molar-refractivity contribution in [2.45, 2.75) is 51.2 Å². The van der Waals surface area contributed by atoms with E-state index in [-0.39, 0.29) is 11.5 Å². The van der Waals surface area contributed by atoms with Crippen molar-refractivity contribution in [2.24, 2.45) is 5.92 Å². The topological polar surface area (TPSA) is 69.5 Å². The van der Waals surface area contributed by atoms with Crippen LogP contribution in [-0.2, 0) is 11.3 Å². The Labute approximate surface area is 172 Å². The Morgan fingerprint density at radius 1 is 1.28 bits per heavy atom. The number of likely N-dealkylation sites (tertiary alicyclic amines) is 1. The van der Waals surface area contributed by atoms with Crippen LogP contribution in [0.5, 0.6) is 5.75 Å². The van der Waals surface area contributed by atoms with Crippen LogP contribution in [0.2, 0.25) is 0 Å². The summed E-state index contributed by atoms with van der Waals surface area (Å²) in [6.07, 6.45) is 10.3. The molecule has 2 fully saturated rings. The van der Waals surface area contributed by atoms with Gasteiger partial charge in [-0.05, 0) is 63.1 Å². The molecule has 0 radical (unpaired) electrons. The molecule has 0 saturated carbocycles. The van der Waals surface area contributed by atoms with Crippen LogP contribution in [0, 0.1) is 5.92 Å². The van der Waals surface area contributed by atoms with Crippen molar-refractivity contribution < 1.29 is 14.3 Å². The van der Waals surface area contributed by atoms with Gasteiger partial charge in [0.25, 0.3) is 5.91 Å². The summed E-state index contributed by atoms with van der Waals surface area (Å²) in [5.41, 5.74) is 0.456. The Morgan fingerprint density at radius 2 is 2.07 bits per heavy atom. The van der Waals surface area contributed by atoms with Gasteiger partial charge in [-0.1, -0.05) is 0 Å². The summed E-state index contributed by atoms with van der Waals surface area (Å²) in [6.45, 7) is 5.78. The quantitative estimate of drug-likeness (QED) is 0.748. The molecule has 1 amide bonds. The normalized spacial score (nSPS) is 21.3. The fourth-order valence-electron chi connectivity index (χ4n) is 4.43. The molecule has 0 aliphatic carbocycles. The van der Waals surface area contributed by atoms with Crippen molar-refractivity contribution in [3.8, 4) is 5.75 Å². The standard InChI is InChI=1S/C22H30N4O3/c1-2-26-12-5-20(24-26)21(27)25-13-8-22(9-14-25)17-18(7-16-29-22)6-15-28-19-3-10-23-11-4-19/h3-5,10-12,18H,2,6-9,13-17H2,1H3.